The molecule has 172 valence electrons. The quantitative estimate of drug-likeness (QED) is 0.253. The highest BCUT2D eigenvalue weighted by molar-refractivity contribution is 14.0. The number of hydrogen-bond acceptors (Lipinski definition) is 5. The largest absolute Gasteiger partial charge is 0.493 e. The van der Waals surface area contributed by atoms with Gasteiger partial charge in [0.1, 0.15) is 0 Å². The fourth-order valence-corrected chi connectivity index (χ4v) is 3.22. The molecule has 3 rings (SSSR count). The molecule has 0 spiro atoms. The second-order valence-corrected chi connectivity index (χ2v) is 7.25. The van der Waals surface area contributed by atoms with Gasteiger partial charge in [0.2, 0.25) is 5.89 Å². The molecule has 0 radical (unpaired) electrons. The van der Waals surface area contributed by atoms with Gasteiger partial charge in [-0.05, 0) is 31.0 Å². The van der Waals surface area contributed by atoms with Crippen molar-refractivity contribution in [3.63, 3.8) is 0 Å². The standard InChI is InChI=1S/C24H30N4O3.HI/c1-17-6-9-19(10-7-17)22-15-26-23(31-22)16-27-24(25-2)28(3)13-12-18-8-11-20(29-4)21(14-18)30-5;/h6-11,14-15H,12-13,16H2,1-5H3,(H,25,27);1H. The molecular weight excluding hydrogens is 519 g/mol. The van der Waals surface area contributed by atoms with E-state index in [1.165, 1.54) is 5.56 Å². The monoisotopic (exact) mass is 550 g/mol. The number of guanidine groups is 1. The number of aliphatic imine (C=N–C) groups is 1. The number of rotatable bonds is 8. The minimum atomic E-state index is 0. The summed E-state index contributed by atoms with van der Waals surface area (Å²) in [5.41, 5.74) is 3.39. The number of methoxy groups -OCH3 is 2. The molecule has 0 aliphatic carbocycles. The zero-order valence-electron chi connectivity index (χ0n) is 19.2. The molecule has 1 N–H and O–H groups in total. The van der Waals surface area contributed by atoms with Gasteiger partial charge in [0.25, 0.3) is 0 Å². The van der Waals surface area contributed by atoms with Crippen molar-refractivity contribution in [2.45, 2.75) is 19.9 Å². The Balaban J connectivity index is 0.00000363. The lowest BCUT2D eigenvalue weighted by Gasteiger charge is -2.21. The Morgan fingerprint density at radius 2 is 1.81 bits per heavy atom. The molecule has 8 heteroatoms. The van der Waals surface area contributed by atoms with Crippen LogP contribution in [0.4, 0.5) is 0 Å². The highest BCUT2D eigenvalue weighted by atomic mass is 127. The first kappa shape index (κ1) is 25.5. The number of oxazole rings is 1. The van der Waals surface area contributed by atoms with Gasteiger partial charge in [-0.3, -0.25) is 4.99 Å². The van der Waals surface area contributed by atoms with Crippen LogP contribution >= 0.6 is 24.0 Å². The maximum Gasteiger partial charge on any atom is 0.214 e. The number of ether oxygens (including phenoxy) is 2. The number of hydrogen-bond donors (Lipinski definition) is 1. The number of aryl methyl sites for hydroxylation is 1. The molecule has 1 heterocycles. The second-order valence-electron chi connectivity index (χ2n) is 7.25. The van der Waals surface area contributed by atoms with E-state index in [0.717, 1.165) is 47.3 Å². The van der Waals surface area contributed by atoms with E-state index in [9.17, 15) is 0 Å². The first-order valence-corrected chi connectivity index (χ1v) is 10.2. The fourth-order valence-electron chi connectivity index (χ4n) is 3.22. The van der Waals surface area contributed by atoms with Crippen LogP contribution in [0, 0.1) is 6.92 Å². The first-order valence-electron chi connectivity index (χ1n) is 10.2. The number of aromatic nitrogens is 1. The molecule has 0 amide bonds. The Morgan fingerprint density at radius 1 is 1.09 bits per heavy atom. The van der Waals surface area contributed by atoms with Gasteiger partial charge in [-0.1, -0.05) is 35.9 Å². The SMILES string of the molecule is CN=C(NCc1ncc(-c2ccc(C)cc2)o1)N(C)CCc1ccc(OC)c(OC)c1.I. The number of likely N-dealkylation sites (N-methyl/N-ethyl adjacent to an activating group) is 1. The van der Waals surface area contributed by atoms with E-state index in [1.54, 1.807) is 27.5 Å². The summed E-state index contributed by atoms with van der Waals surface area (Å²) in [5.74, 6) is 3.61. The van der Waals surface area contributed by atoms with Crippen LogP contribution in [0.3, 0.4) is 0 Å². The summed E-state index contributed by atoms with van der Waals surface area (Å²) >= 11 is 0. The number of halogens is 1. The molecule has 32 heavy (non-hydrogen) atoms. The smallest absolute Gasteiger partial charge is 0.214 e. The van der Waals surface area contributed by atoms with E-state index in [2.05, 4.69) is 39.2 Å². The van der Waals surface area contributed by atoms with Crippen LogP contribution in [0.5, 0.6) is 11.5 Å². The summed E-state index contributed by atoms with van der Waals surface area (Å²) in [5, 5.41) is 3.31. The lowest BCUT2D eigenvalue weighted by atomic mass is 10.1. The van der Waals surface area contributed by atoms with Gasteiger partial charge in [-0.25, -0.2) is 4.98 Å². The van der Waals surface area contributed by atoms with Gasteiger partial charge >= 0.3 is 0 Å². The molecule has 3 aromatic rings. The van der Waals surface area contributed by atoms with Crippen molar-refractivity contribution in [2.24, 2.45) is 4.99 Å². The van der Waals surface area contributed by atoms with E-state index in [1.807, 2.05) is 37.4 Å². The van der Waals surface area contributed by atoms with Crippen LogP contribution in [-0.4, -0.2) is 50.7 Å². The third-order valence-corrected chi connectivity index (χ3v) is 5.04. The molecule has 0 aliphatic heterocycles. The predicted molar refractivity (Wildman–Crippen MR) is 138 cm³/mol. The number of benzene rings is 2. The molecule has 1 aromatic heterocycles. The highest BCUT2D eigenvalue weighted by Gasteiger charge is 2.11. The highest BCUT2D eigenvalue weighted by Crippen LogP contribution is 2.27. The topological polar surface area (TPSA) is 72.1 Å². The number of nitrogens with zero attached hydrogens (tertiary/aromatic N) is 3. The van der Waals surface area contributed by atoms with Crippen molar-refractivity contribution in [3.05, 3.63) is 65.7 Å². The van der Waals surface area contributed by atoms with Gasteiger partial charge < -0.3 is 24.1 Å². The van der Waals surface area contributed by atoms with Crippen molar-refractivity contribution in [3.8, 4) is 22.8 Å². The van der Waals surface area contributed by atoms with Gasteiger partial charge in [0.05, 0.1) is 27.0 Å². The average Bonchev–Trinajstić information content (AvgIpc) is 3.27. The summed E-state index contributed by atoms with van der Waals surface area (Å²) in [6.45, 7) is 3.31. The van der Waals surface area contributed by atoms with Crippen molar-refractivity contribution < 1.29 is 13.9 Å². The molecule has 2 aromatic carbocycles. The third kappa shape index (κ3) is 6.62. The van der Waals surface area contributed by atoms with E-state index in [0.29, 0.717) is 12.4 Å². The van der Waals surface area contributed by atoms with Crippen molar-refractivity contribution in [2.75, 3.05) is 34.9 Å². The lowest BCUT2D eigenvalue weighted by molar-refractivity contribution is 0.354. The maximum absolute atomic E-state index is 5.89. The maximum atomic E-state index is 5.89. The Hall–Kier alpha value is -2.75. The van der Waals surface area contributed by atoms with Gasteiger partial charge in [-0.2, -0.15) is 0 Å². The molecule has 0 bridgehead atoms. The molecule has 0 fully saturated rings. The van der Waals surface area contributed by atoms with Crippen LogP contribution in [0.1, 0.15) is 17.0 Å². The predicted octanol–water partition coefficient (Wildman–Crippen LogP) is 4.54. The van der Waals surface area contributed by atoms with E-state index < -0.39 is 0 Å². The molecule has 0 aliphatic rings. The average molecular weight is 550 g/mol. The van der Waals surface area contributed by atoms with Crippen molar-refractivity contribution in [1.82, 2.24) is 15.2 Å². The van der Waals surface area contributed by atoms with E-state index >= 15 is 0 Å². The molecule has 0 saturated carbocycles. The molecular formula is C24H31IN4O3. The molecule has 0 saturated heterocycles. The second kappa shape index (κ2) is 12.3. The minimum absolute atomic E-state index is 0. The summed E-state index contributed by atoms with van der Waals surface area (Å²) < 4.78 is 16.6. The van der Waals surface area contributed by atoms with Gasteiger partial charge in [0.15, 0.2) is 23.2 Å². The summed E-state index contributed by atoms with van der Waals surface area (Å²) in [7, 11) is 7.05. The van der Waals surface area contributed by atoms with E-state index in [4.69, 9.17) is 13.9 Å². The lowest BCUT2D eigenvalue weighted by Crippen LogP contribution is -2.39. The summed E-state index contributed by atoms with van der Waals surface area (Å²) in [6.07, 6.45) is 2.60. The van der Waals surface area contributed by atoms with Crippen LogP contribution in [0.15, 0.2) is 58.1 Å². The Bertz CT molecular complexity index is 1020. The van der Waals surface area contributed by atoms with Crippen molar-refractivity contribution >= 4 is 29.9 Å². The van der Waals surface area contributed by atoms with Crippen LogP contribution in [0.25, 0.3) is 11.3 Å². The summed E-state index contributed by atoms with van der Waals surface area (Å²) in [4.78, 5) is 10.8. The third-order valence-electron chi connectivity index (χ3n) is 5.04. The minimum Gasteiger partial charge on any atom is -0.493 e. The van der Waals surface area contributed by atoms with E-state index in [-0.39, 0.29) is 24.0 Å². The van der Waals surface area contributed by atoms with Crippen LogP contribution in [-0.2, 0) is 13.0 Å². The van der Waals surface area contributed by atoms with Crippen molar-refractivity contribution in [1.29, 1.82) is 0 Å². The molecule has 0 atom stereocenters. The number of nitrogens with one attached hydrogen (secondary N) is 1. The fraction of sp³-hybridized carbons (Fsp3) is 0.333. The zero-order valence-corrected chi connectivity index (χ0v) is 21.5. The zero-order chi connectivity index (χ0) is 22.2. The summed E-state index contributed by atoms with van der Waals surface area (Å²) in [6, 6.07) is 14.2. The van der Waals surface area contributed by atoms with Gasteiger partial charge in [-0.15, -0.1) is 24.0 Å². The first-order chi connectivity index (χ1) is 15.0. The van der Waals surface area contributed by atoms with Crippen LogP contribution < -0.4 is 14.8 Å². The Labute approximate surface area is 206 Å². The Kier molecular flexibility index (Phi) is 9.83. The van der Waals surface area contributed by atoms with Gasteiger partial charge in [0, 0.05) is 26.2 Å². The Morgan fingerprint density at radius 3 is 2.47 bits per heavy atom. The normalized spacial score (nSPS) is 11.0. The molecule has 7 nitrogen and oxygen atoms in total. The molecule has 0 unspecified atom stereocenters. The van der Waals surface area contributed by atoms with Crippen LogP contribution in [0.2, 0.25) is 0 Å².